The summed E-state index contributed by atoms with van der Waals surface area (Å²) in [4.78, 5) is 5.34. The second kappa shape index (κ2) is 6.27. The number of hydrogen-bond donors (Lipinski definition) is 1. The molecule has 0 unspecified atom stereocenters. The SMILES string of the molecule is Cc1nn(-c2cccc(SC(F)(F)F)c2)c2[nH]c(C(F)(F)F)nc(=S)c12. The largest absolute Gasteiger partial charge is 0.449 e. The summed E-state index contributed by atoms with van der Waals surface area (Å²) in [6.07, 6.45) is -4.77. The number of fused-ring (bicyclic) bond motifs is 1. The van der Waals surface area contributed by atoms with Gasteiger partial charge in [-0.05, 0) is 36.9 Å². The Balaban J connectivity index is 2.21. The van der Waals surface area contributed by atoms with E-state index in [4.69, 9.17) is 12.2 Å². The molecule has 3 rings (SSSR count). The Hall–Kier alpha value is -2.08. The molecule has 0 aliphatic heterocycles. The molecule has 26 heavy (non-hydrogen) atoms. The first-order valence-electron chi connectivity index (χ1n) is 6.89. The number of rotatable bonds is 2. The normalized spacial score (nSPS) is 12.7. The van der Waals surface area contributed by atoms with Crippen LogP contribution in [0.5, 0.6) is 0 Å². The van der Waals surface area contributed by atoms with Gasteiger partial charge >= 0.3 is 11.7 Å². The minimum absolute atomic E-state index is 0.0935. The molecule has 0 aliphatic carbocycles. The Labute approximate surface area is 151 Å². The summed E-state index contributed by atoms with van der Waals surface area (Å²) in [5, 5.41) is 4.30. The van der Waals surface area contributed by atoms with E-state index in [1.54, 1.807) is 0 Å². The Kier molecular flexibility index (Phi) is 4.51. The van der Waals surface area contributed by atoms with Crippen molar-refractivity contribution in [3.63, 3.8) is 0 Å². The Morgan fingerprint density at radius 2 is 1.85 bits per heavy atom. The van der Waals surface area contributed by atoms with E-state index in [2.05, 4.69) is 15.1 Å². The van der Waals surface area contributed by atoms with Crippen LogP contribution in [0.15, 0.2) is 29.2 Å². The van der Waals surface area contributed by atoms with Gasteiger partial charge in [0.2, 0.25) is 5.82 Å². The molecule has 0 saturated heterocycles. The zero-order chi connectivity index (χ0) is 19.3. The molecular weight excluding hydrogens is 402 g/mol. The highest BCUT2D eigenvalue weighted by atomic mass is 32.2. The number of nitrogens with zero attached hydrogens (tertiary/aromatic N) is 3. The fraction of sp³-hybridized carbons (Fsp3) is 0.214. The summed E-state index contributed by atoms with van der Waals surface area (Å²) in [7, 11) is 0. The van der Waals surface area contributed by atoms with Crippen molar-refractivity contribution in [2.75, 3.05) is 0 Å². The third-order valence-corrected chi connectivity index (χ3v) is 4.31. The van der Waals surface area contributed by atoms with Crippen molar-refractivity contribution in [3.05, 3.63) is 40.4 Å². The van der Waals surface area contributed by atoms with Crippen LogP contribution in [0.4, 0.5) is 26.3 Å². The lowest BCUT2D eigenvalue weighted by Crippen LogP contribution is -2.12. The molecule has 1 N–H and O–H groups in total. The first-order valence-corrected chi connectivity index (χ1v) is 8.11. The number of nitrogens with one attached hydrogen (secondary N) is 1. The van der Waals surface area contributed by atoms with Gasteiger partial charge in [-0.1, -0.05) is 18.3 Å². The minimum atomic E-state index is -4.77. The molecule has 0 amide bonds. The van der Waals surface area contributed by atoms with Crippen LogP contribution in [0.3, 0.4) is 0 Å². The highest BCUT2D eigenvalue weighted by Crippen LogP contribution is 2.37. The van der Waals surface area contributed by atoms with Crippen LogP contribution < -0.4 is 0 Å². The van der Waals surface area contributed by atoms with Crippen LogP contribution in [-0.2, 0) is 6.18 Å². The van der Waals surface area contributed by atoms with E-state index in [9.17, 15) is 26.3 Å². The van der Waals surface area contributed by atoms with Crippen LogP contribution in [0.2, 0.25) is 0 Å². The van der Waals surface area contributed by atoms with Crippen LogP contribution >= 0.6 is 24.0 Å². The molecule has 0 bridgehead atoms. The number of thioether (sulfide) groups is 1. The topological polar surface area (TPSA) is 46.5 Å². The molecule has 2 aromatic heterocycles. The van der Waals surface area contributed by atoms with Gasteiger partial charge in [0.1, 0.15) is 10.3 Å². The molecule has 1 aromatic carbocycles. The van der Waals surface area contributed by atoms with Crippen molar-refractivity contribution in [2.24, 2.45) is 0 Å². The number of H-pyrrole nitrogens is 1. The highest BCUT2D eigenvalue weighted by molar-refractivity contribution is 8.00. The summed E-state index contributed by atoms with van der Waals surface area (Å²) in [6.45, 7) is 1.52. The fourth-order valence-electron chi connectivity index (χ4n) is 2.33. The second-order valence-corrected chi connectivity index (χ2v) is 6.68. The van der Waals surface area contributed by atoms with E-state index in [1.165, 1.54) is 31.2 Å². The lowest BCUT2D eigenvalue weighted by atomic mass is 10.3. The van der Waals surface area contributed by atoms with E-state index in [0.717, 1.165) is 4.68 Å². The molecule has 0 fully saturated rings. The Bertz CT molecular complexity index is 1030. The quantitative estimate of drug-likeness (QED) is 0.348. The zero-order valence-corrected chi connectivity index (χ0v) is 14.4. The molecule has 12 heteroatoms. The molecule has 3 aromatic rings. The van der Waals surface area contributed by atoms with E-state index in [-0.39, 0.29) is 38.0 Å². The van der Waals surface area contributed by atoms with Crippen molar-refractivity contribution < 1.29 is 26.3 Å². The number of aryl methyl sites for hydroxylation is 1. The van der Waals surface area contributed by atoms with Crippen molar-refractivity contribution in [1.82, 2.24) is 19.7 Å². The third-order valence-electron chi connectivity index (χ3n) is 3.29. The van der Waals surface area contributed by atoms with Gasteiger partial charge in [0.15, 0.2) is 0 Å². The maximum absolute atomic E-state index is 13.0. The predicted octanol–water partition coefficient (Wildman–Crippen LogP) is 5.42. The number of hydrogen-bond acceptors (Lipinski definition) is 4. The number of aromatic nitrogens is 4. The number of halogens is 6. The van der Waals surface area contributed by atoms with E-state index in [1.807, 2.05) is 0 Å². The maximum atomic E-state index is 13.0. The smallest absolute Gasteiger partial charge is 0.320 e. The number of aromatic amines is 1. The molecule has 0 atom stereocenters. The monoisotopic (exact) mass is 410 g/mol. The second-order valence-electron chi connectivity index (χ2n) is 5.15. The van der Waals surface area contributed by atoms with Gasteiger partial charge in [-0.25, -0.2) is 9.67 Å². The number of alkyl halides is 6. The molecule has 0 spiro atoms. The molecule has 0 aliphatic rings. The van der Waals surface area contributed by atoms with Crippen molar-refractivity contribution in [2.45, 2.75) is 23.5 Å². The first-order chi connectivity index (χ1) is 12.0. The molecule has 0 radical (unpaired) electrons. The van der Waals surface area contributed by atoms with Gasteiger partial charge in [0.05, 0.1) is 16.8 Å². The molecule has 2 heterocycles. The lowest BCUT2D eigenvalue weighted by Gasteiger charge is -2.10. The zero-order valence-electron chi connectivity index (χ0n) is 12.7. The highest BCUT2D eigenvalue weighted by Gasteiger charge is 2.35. The summed E-state index contributed by atoms with van der Waals surface area (Å²) in [5.41, 5.74) is -4.13. The molecule has 138 valence electrons. The maximum Gasteiger partial charge on any atom is 0.449 e. The van der Waals surface area contributed by atoms with Gasteiger partial charge < -0.3 is 4.98 Å². The standard InChI is InChI=1S/C14H8F6N4S2/c1-6-9-10(21-12(13(15,16)17)22-11(9)25)24(23-6)7-3-2-4-8(5-7)26-14(18,19)20/h2-5H,1H3,(H,21,22,25). The molecular formula is C14H8F6N4S2. The average Bonchev–Trinajstić information content (AvgIpc) is 2.82. The summed E-state index contributed by atoms with van der Waals surface area (Å²) in [6, 6.07) is 5.20. The molecule has 0 saturated carbocycles. The summed E-state index contributed by atoms with van der Waals surface area (Å²) >= 11 is 4.59. The number of benzene rings is 1. The van der Waals surface area contributed by atoms with Crippen LogP contribution in [-0.4, -0.2) is 25.3 Å². The predicted molar refractivity (Wildman–Crippen MR) is 85.7 cm³/mol. The van der Waals surface area contributed by atoms with E-state index < -0.39 is 17.5 Å². The minimum Gasteiger partial charge on any atom is -0.320 e. The molecule has 4 nitrogen and oxygen atoms in total. The van der Waals surface area contributed by atoms with Gasteiger partial charge in [-0.3, -0.25) is 0 Å². The third kappa shape index (κ3) is 3.70. The first kappa shape index (κ1) is 18.7. The van der Waals surface area contributed by atoms with Crippen molar-refractivity contribution in [3.8, 4) is 5.69 Å². The van der Waals surface area contributed by atoms with Gasteiger partial charge in [-0.15, -0.1) is 0 Å². The Morgan fingerprint density at radius 3 is 2.46 bits per heavy atom. The van der Waals surface area contributed by atoms with Crippen LogP contribution in [0, 0.1) is 11.6 Å². The van der Waals surface area contributed by atoms with Crippen molar-refractivity contribution >= 4 is 35.0 Å². The van der Waals surface area contributed by atoms with E-state index in [0.29, 0.717) is 5.69 Å². The summed E-state index contributed by atoms with van der Waals surface area (Å²) in [5.74, 6) is -1.31. The van der Waals surface area contributed by atoms with E-state index >= 15 is 0 Å². The average molecular weight is 410 g/mol. The van der Waals surface area contributed by atoms with Crippen LogP contribution in [0.25, 0.3) is 16.7 Å². The fourth-order valence-corrected chi connectivity index (χ4v) is 3.26. The van der Waals surface area contributed by atoms with Crippen molar-refractivity contribution in [1.29, 1.82) is 0 Å². The van der Waals surface area contributed by atoms with Gasteiger partial charge in [0, 0.05) is 4.90 Å². The van der Waals surface area contributed by atoms with Gasteiger partial charge in [0.25, 0.3) is 0 Å². The Morgan fingerprint density at radius 1 is 1.15 bits per heavy atom. The van der Waals surface area contributed by atoms with Crippen LogP contribution in [0.1, 0.15) is 11.5 Å². The summed E-state index contributed by atoms with van der Waals surface area (Å²) < 4.78 is 77.4. The van der Waals surface area contributed by atoms with Gasteiger partial charge in [-0.2, -0.15) is 31.4 Å². The lowest BCUT2D eigenvalue weighted by molar-refractivity contribution is -0.144.